The number of benzene rings is 3. The lowest BCUT2D eigenvalue weighted by Crippen LogP contribution is -2.21. The number of anilines is 1. The van der Waals surface area contributed by atoms with Gasteiger partial charge in [0.05, 0.1) is 11.2 Å². The summed E-state index contributed by atoms with van der Waals surface area (Å²) in [5.41, 5.74) is 19.7. The zero-order valence-corrected chi connectivity index (χ0v) is 19.5. The Bertz CT molecular complexity index is 1370. The number of aryl methyl sites for hydroxylation is 1. The van der Waals surface area contributed by atoms with Crippen LogP contribution < -0.4 is 15.4 Å². The van der Waals surface area contributed by atoms with Gasteiger partial charge in [0.2, 0.25) is 0 Å². The van der Waals surface area contributed by atoms with E-state index in [9.17, 15) is 0 Å². The monoisotopic (exact) mass is 464 g/mol. The summed E-state index contributed by atoms with van der Waals surface area (Å²) in [7, 11) is 0. The Balaban J connectivity index is 1.22. The van der Waals surface area contributed by atoms with Crippen molar-refractivity contribution in [3.05, 3.63) is 101 Å². The van der Waals surface area contributed by atoms with Gasteiger partial charge < -0.3 is 15.4 Å². The van der Waals surface area contributed by atoms with E-state index in [4.69, 9.17) is 16.0 Å². The third-order valence-electron chi connectivity index (χ3n) is 6.34. The fourth-order valence-electron chi connectivity index (χ4n) is 4.61. The molecule has 176 valence electrons. The van der Waals surface area contributed by atoms with Gasteiger partial charge in [0, 0.05) is 30.6 Å². The predicted octanol–water partition coefficient (Wildman–Crippen LogP) is 5.61. The van der Waals surface area contributed by atoms with E-state index in [0.29, 0.717) is 18.9 Å². The predicted molar refractivity (Wildman–Crippen MR) is 139 cm³/mol. The van der Waals surface area contributed by atoms with Crippen molar-refractivity contribution in [2.45, 2.75) is 32.4 Å². The topological polar surface area (TPSA) is 100.0 Å². The van der Waals surface area contributed by atoms with Crippen molar-refractivity contribution >= 4 is 22.4 Å². The largest absolute Gasteiger partial charge is 0.487 e. The third kappa shape index (κ3) is 5.30. The smallest absolute Gasteiger partial charge is 0.130 e. The van der Waals surface area contributed by atoms with Crippen LogP contribution in [0.4, 0.5) is 5.69 Å². The average Bonchev–Trinajstić information content (AvgIpc) is 3.30. The van der Waals surface area contributed by atoms with E-state index in [1.807, 2.05) is 36.4 Å². The van der Waals surface area contributed by atoms with Crippen molar-refractivity contribution in [3.63, 3.8) is 0 Å². The Labute approximate surface area is 204 Å². The molecule has 0 unspecified atom stereocenters. The Morgan fingerprint density at radius 1 is 1.00 bits per heavy atom. The van der Waals surface area contributed by atoms with Crippen molar-refractivity contribution in [3.8, 4) is 5.75 Å². The summed E-state index contributed by atoms with van der Waals surface area (Å²) in [5.74, 6) is 1.22. The summed E-state index contributed by atoms with van der Waals surface area (Å²) >= 11 is 0. The van der Waals surface area contributed by atoms with Crippen LogP contribution >= 0.6 is 0 Å². The number of para-hydroxylation sites is 2. The number of pyridine rings is 1. The molecule has 7 nitrogen and oxygen atoms in total. The van der Waals surface area contributed by atoms with Gasteiger partial charge in [-0.2, -0.15) is 5.53 Å². The molecular formula is C28H28N6O. The molecule has 3 N–H and O–H groups in total. The highest BCUT2D eigenvalue weighted by Gasteiger charge is 2.22. The molecule has 3 aromatic carbocycles. The molecule has 7 heteroatoms. The van der Waals surface area contributed by atoms with Crippen molar-refractivity contribution in [2.24, 2.45) is 16.1 Å². The highest BCUT2D eigenvalue weighted by atomic mass is 16.5. The van der Waals surface area contributed by atoms with Gasteiger partial charge in [-0.05, 0) is 53.8 Å². The van der Waals surface area contributed by atoms with Crippen LogP contribution in [0, 0.1) is 5.53 Å². The second kappa shape index (κ2) is 10.3. The van der Waals surface area contributed by atoms with Gasteiger partial charge in [0.1, 0.15) is 18.2 Å². The molecular weight excluding hydrogens is 436 g/mol. The maximum Gasteiger partial charge on any atom is 0.130 e. The molecule has 0 bridgehead atoms. The number of nitrogens with one attached hydrogen (secondary N) is 1. The Hall–Kier alpha value is -4.26. The molecule has 1 aliphatic rings. The van der Waals surface area contributed by atoms with Gasteiger partial charge in [-0.15, -0.1) is 5.10 Å². The van der Waals surface area contributed by atoms with Crippen LogP contribution in [-0.4, -0.2) is 17.4 Å². The van der Waals surface area contributed by atoms with Crippen LogP contribution in [0.5, 0.6) is 5.75 Å². The summed E-state index contributed by atoms with van der Waals surface area (Å²) in [5, 5.41) is 7.79. The molecule has 0 aliphatic carbocycles. The minimum absolute atomic E-state index is 0.386. The summed E-state index contributed by atoms with van der Waals surface area (Å²) in [6.45, 7) is 2.26. The highest BCUT2D eigenvalue weighted by molar-refractivity contribution is 5.80. The zero-order valence-electron chi connectivity index (χ0n) is 19.5. The number of amidine groups is 1. The van der Waals surface area contributed by atoms with Gasteiger partial charge in [-0.3, -0.25) is 0 Å². The molecule has 0 spiro atoms. The lowest BCUT2D eigenvalue weighted by atomic mass is 10.0. The van der Waals surface area contributed by atoms with E-state index in [2.05, 4.69) is 62.7 Å². The van der Waals surface area contributed by atoms with Crippen LogP contribution in [0.15, 0.2) is 89.2 Å². The number of fused-ring (bicyclic) bond motifs is 2. The first kappa shape index (κ1) is 22.5. The summed E-state index contributed by atoms with van der Waals surface area (Å²) in [4.78, 5) is 7.11. The lowest BCUT2D eigenvalue weighted by Gasteiger charge is -2.22. The molecule has 5 rings (SSSR count). The summed E-state index contributed by atoms with van der Waals surface area (Å²) in [6.07, 6.45) is 2.40. The molecule has 0 atom stereocenters. The Kier molecular flexibility index (Phi) is 6.66. The first-order valence-electron chi connectivity index (χ1n) is 11.8. The van der Waals surface area contributed by atoms with Crippen molar-refractivity contribution in [1.82, 2.24) is 4.98 Å². The molecule has 2 heterocycles. The van der Waals surface area contributed by atoms with Crippen LogP contribution in [0.2, 0.25) is 0 Å². The summed E-state index contributed by atoms with van der Waals surface area (Å²) < 4.78 is 6.00. The number of hydrogen-bond donors (Lipinski definition) is 2. The SMILES string of the molecule is N=NN=C(N)CCc1cccc2c1N(Cc1ccc(OCc3ccc4ccccc4n3)cc1)CC2. The minimum Gasteiger partial charge on any atom is -0.487 e. The number of ether oxygens (including phenoxy) is 1. The number of nitrogens with two attached hydrogens (primary N) is 1. The van der Waals surface area contributed by atoms with Crippen LogP contribution in [0.25, 0.3) is 10.9 Å². The molecule has 1 aliphatic heterocycles. The molecule has 4 aromatic rings. The molecule has 0 saturated carbocycles. The van der Waals surface area contributed by atoms with E-state index < -0.39 is 0 Å². The fraction of sp³-hybridized carbons (Fsp3) is 0.214. The summed E-state index contributed by atoms with van der Waals surface area (Å²) in [6, 6.07) is 27.0. The van der Waals surface area contributed by atoms with Crippen LogP contribution in [-0.2, 0) is 26.0 Å². The quantitative estimate of drug-likeness (QED) is 0.145. The molecule has 35 heavy (non-hydrogen) atoms. The Morgan fingerprint density at radius 3 is 2.71 bits per heavy atom. The van der Waals surface area contributed by atoms with Crippen molar-refractivity contribution < 1.29 is 4.74 Å². The molecule has 0 radical (unpaired) electrons. The van der Waals surface area contributed by atoms with E-state index in [0.717, 1.165) is 48.3 Å². The minimum atomic E-state index is 0.386. The number of rotatable bonds is 9. The maximum absolute atomic E-state index is 6.85. The van der Waals surface area contributed by atoms with E-state index >= 15 is 0 Å². The van der Waals surface area contributed by atoms with Gasteiger partial charge in [-0.1, -0.05) is 59.8 Å². The number of nitrogens with zero attached hydrogens (tertiary/aromatic N) is 4. The van der Waals surface area contributed by atoms with Gasteiger partial charge in [0.15, 0.2) is 0 Å². The lowest BCUT2D eigenvalue weighted by molar-refractivity contribution is 0.301. The molecule has 1 aromatic heterocycles. The molecule has 0 saturated heterocycles. The van der Waals surface area contributed by atoms with Gasteiger partial charge in [0.25, 0.3) is 0 Å². The first-order chi connectivity index (χ1) is 17.2. The molecule has 0 fully saturated rings. The standard InChI is InChI=1S/C28H28N6O/c29-27(32-33-30)15-11-22-5-3-6-23-16-17-34(28(22)23)18-20-8-13-25(14-9-20)35-19-24-12-10-21-4-1-2-7-26(21)31-24/h1-10,12-14H,11,15-19H2,(H3,29,30,32). The second-order valence-corrected chi connectivity index (χ2v) is 8.72. The van der Waals surface area contributed by atoms with Crippen LogP contribution in [0.3, 0.4) is 0 Å². The number of hydrogen-bond acceptors (Lipinski definition) is 5. The van der Waals surface area contributed by atoms with Crippen molar-refractivity contribution in [1.29, 1.82) is 5.53 Å². The number of aromatic nitrogens is 1. The maximum atomic E-state index is 6.85. The first-order valence-corrected chi connectivity index (χ1v) is 11.8. The van der Waals surface area contributed by atoms with Gasteiger partial charge >= 0.3 is 0 Å². The van der Waals surface area contributed by atoms with Crippen molar-refractivity contribution in [2.75, 3.05) is 11.4 Å². The molecule has 0 amide bonds. The average molecular weight is 465 g/mol. The third-order valence-corrected chi connectivity index (χ3v) is 6.34. The van der Waals surface area contributed by atoms with Crippen LogP contribution in [0.1, 0.15) is 28.8 Å². The zero-order chi connectivity index (χ0) is 24.0. The highest BCUT2D eigenvalue weighted by Crippen LogP contribution is 2.34. The van der Waals surface area contributed by atoms with E-state index in [-0.39, 0.29) is 0 Å². The van der Waals surface area contributed by atoms with E-state index in [1.54, 1.807) is 0 Å². The fourth-order valence-corrected chi connectivity index (χ4v) is 4.61. The van der Waals surface area contributed by atoms with Gasteiger partial charge in [-0.25, -0.2) is 4.98 Å². The Morgan fingerprint density at radius 2 is 1.86 bits per heavy atom. The van der Waals surface area contributed by atoms with E-state index in [1.165, 1.54) is 22.4 Å². The normalized spacial score (nSPS) is 13.1. The second-order valence-electron chi connectivity index (χ2n) is 8.72.